The van der Waals surface area contributed by atoms with Crippen molar-refractivity contribution in [1.82, 2.24) is 25.2 Å². The van der Waals surface area contributed by atoms with Crippen molar-refractivity contribution in [3.8, 4) is 0 Å². The summed E-state index contributed by atoms with van der Waals surface area (Å²) < 4.78 is 6.65. The third-order valence-corrected chi connectivity index (χ3v) is 4.97. The molecule has 1 N–H and O–H groups in total. The van der Waals surface area contributed by atoms with Gasteiger partial charge in [0.25, 0.3) is 5.91 Å². The van der Waals surface area contributed by atoms with Gasteiger partial charge >= 0.3 is 6.09 Å². The van der Waals surface area contributed by atoms with Crippen LogP contribution in [0, 0.1) is 5.92 Å². The van der Waals surface area contributed by atoms with Crippen molar-refractivity contribution >= 4 is 28.9 Å². The van der Waals surface area contributed by atoms with Gasteiger partial charge in [0.15, 0.2) is 0 Å². The molecule has 1 saturated heterocycles. The first-order valence-electron chi connectivity index (χ1n) is 10.2. The minimum atomic E-state index is -0.802. The van der Waals surface area contributed by atoms with Crippen LogP contribution in [0.5, 0.6) is 0 Å². The molecule has 1 aromatic heterocycles. The second kappa shape index (κ2) is 8.41. The summed E-state index contributed by atoms with van der Waals surface area (Å²) in [4.78, 5) is 40.1. The van der Waals surface area contributed by atoms with E-state index in [-0.39, 0.29) is 17.7 Å². The number of amides is 2. The molecule has 1 fully saturated rings. The van der Waals surface area contributed by atoms with Gasteiger partial charge in [0.1, 0.15) is 23.2 Å². The molecule has 9 heteroatoms. The minimum Gasteiger partial charge on any atom is -0.444 e. The van der Waals surface area contributed by atoms with Crippen LogP contribution in [0.25, 0.3) is 11.0 Å². The fourth-order valence-electron chi connectivity index (χ4n) is 3.50. The van der Waals surface area contributed by atoms with Crippen molar-refractivity contribution in [1.29, 1.82) is 0 Å². The summed E-state index contributed by atoms with van der Waals surface area (Å²) >= 11 is 0. The van der Waals surface area contributed by atoms with Gasteiger partial charge < -0.3 is 10.1 Å². The van der Waals surface area contributed by atoms with Gasteiger partial charge in [-0.1, -0.05) is 31.2 Å². The first-order chi connectivity index (χ1) is 14.1. The third-order valence-electron chi connectivity index (χ3n) is 4.97. The molecule has 2 atom stereocenters. The highest BCUT2D eigenvalue weighted by Gasteiger charge is 2.38. The summed E-state index contributed by atoms with van der Waals surface area (Å²) in [5, 5.41) is 10.8. The summed E-state index contributed by atoms with van der Waals surface area (Å²) in [5.74, 6) is -0.913. The van der Waals surface area contributed by atoms with E-state index in [0.29, 0.717) is 30.4 Å². The quantitative estimate of drug-likeness (QED) is 0.823. The number of ether oxygens (including phenoxy) is 1. The predicted octanol–water partition coefficient (Wildman–Crippen LogP) is 2.61. The number of nitrogens with one attached hydrogen (secondary N) is 1. The zero-order valence-corrected chi connectivity index (χ0v) is 18.1. The standard InChI is InChI=1S/C21H29N5O4/c1-13(2)17(19(28)26-15-10-7-6-9-14(15)23-24-26)22-18(27)16-11-8-12-25(16)20(29)30-21(3,4)5/h6-7,9-10,13,16-17H,8,11-12H2,1-5H3,(H,22,27)/t16-,17-/m0/s1. The average Bonchev–Trinajstić information content (AvgIpc) is 3.30. The van der Waals surface area contributed by atoms with Crippen LogP contribution in [0.2, 0.25) is 0 Å². The molecule has 0 unspecified atom stereocenters. The molecular weight excluding hydrogens is 386 g/mol. The number of aromatic nitrogens is 3. The highest BCUT2D eigenvalue weighted by Crippen LogP contribution is 2.22. The third kappa shape index (κ3) is 4.60. The highest BCUT2D eigenvalue weighted by molar-refractivity contribution is 5.95. The Morgan fingerprint density at radius 3 is 2.57 bits per heavy atom. The second-order valence-electron chi connectivity index (χ2n) is 8.89. The number of benzene rings is 1. The van der Waals surface area contributed by atoms with E-state index in [0.717, 1.165) is 0 Å². The number of carbonyl (C=O) groups excluding carboxylic acids is 3. The zero-order valence-electron chi connectivity index (χ0n) is 18.1. The van der Waals surface area contributed by atoms with Crippen LogP contribution in [0.15, 0.2) is 24.3 Å². The van der Waals surface area contributed by atoms with Crippen LogP contribution in [0.3, 0.4) is 0 Å². The molecular formula is C21H29N5O4. The van der Waals surface area contributed by atoms with Crippen LogP contribution >= 0.6 is 0 Å². The number of fused-ring (bicyclic) bond motifs is 1. The Kier molecular flexibility index (Phi) is 6.09. The van der Waals surface area contributed by atoms with Crippen LogP contribution < -0.4 is 5.32 Å². The maximum atomic E-state index is 13.2. The van der Waals surface area contributed by atoms with E-state index < -0.39 is 23.8 Å². The zero-order chi connectivity index (χ0) is 22.1. The number of nitrogens with zero attached hydrogens (tertiary/aromatic N) is 4. The molecule has 0 radical (unpaired) electrons. The van der Waals surface area contributed by atoms with Gasteiger partial charge in [-0.05, 0) is 51.7 Å². The van der Waals surface area contributed by atoms with E-state index in [9.17, 15) is 14.4 Å². The summed E-state index contributed by atoms with van der Waals surface area (Å²) in [6.07, 6.45) is 0.705. The number of likely N-dealkylation sites (tertiary alicyclic amines) is 1. The van der Waals surface area contributed by atoms with Crippen molar-refractivity contribution in [3.05, 3.63) is 24.3 Å². The van der Waals surface area contributed by atoms with E-state index >= 15 is 0 Å². The Balaban J connectivity index is 1.77. The predicted molar refractivity (Wildman–Crippen MR) is 111 cm³/mol. The topological polar surface area (TPSA) is 106 Å². The lowest BCUT2D eigenvalue weighted by atomic mass is 10.0. The Bertz CT molecular complexity index is 946. The van der Waals surface area contributed by atoms with Gasteiger partial charge in [-0.3, -0.25) is 14.5 Å². The molecule has 9 nitrogen and oxygen atoms in total. The number of hydrogen-bond acceptors (Lipinski definition) is 6. The Morgan fingerprint density at radius 1 is 1.20 bits per heavy atom. The van der Waals surface area contributed by atoms with Crippen LogP contribution in [0.4, 0.5) is 4.79 Å². The maximum absolute atomic E-state index is 13.2. The summed E-state index contributed by atoms with van der Waals surface area (Å²) in [6, 6.07) is 5.68. The van der Waals surface area contributed by atoms with E-state index in [1.165, 1.54) is 9.58 Å². The maximum Gasteiger partial charge on any atom is 0.410 e. The fourth-order valence-corrected chi connectivity index (χ4v) is 3.50. The van der Waals surface area contributed by atoms with E-state index in [1.54, 1.807) is 39.0 Å². The molecule has 1 aliphatic heterocycles. The number of rotatable bonds is 4. The van der Waals surface area contributed by atoms with E-state index in [1.807, 2.05) is 19.9 Å². The molecule has 0 saturated carbocycles. The molecule has 2 heterocycles. The lowest BCUT2D eigenvalue weighted by Crippen LogP contribution is -2.54. The molecule has 0 aliphatic carbocycles. The molecule has 2 amide bonds. The summed E-state index contributed by atoms with van der Waals surface area (Å²) in [5.41, 5.74) is 0.538. The van der Waals surface area contributed by atoms with Crippen LogP contribution in [0.1, 0.15) is 52.3 Å². The van der Waals surface area contributed by atoms with Gasteiger partial charge in [-0.2, -0.15) is 4.68 Å². The number of carbonyl (C=O) groups is 3. The Labute approximate surface area is 175 Å². The fraction of sp³-hybridized carbons (Fsp3) is 0.571. The largest absolute Gasteiger partial charge is 0.444 e. The first-order valence-corrected chi connectivity index (χ1v) is 10.2. The molecule has 1 aromatic carbocycles. The van der Waals surface area contributed by atoms with E-state index in [4.69, 9.17) is 4.74 Å². The second-order valence-corrected chi connectivity index (χ2v) is 8.89. The van der Waals surface area contributed by atoms with Gasteiger partial charge in [0, 0.05) is 6.54 Å². The molecule has 30 heavy (non-hydrogen) atoms. The highest BCUT2D eigenvalue weighted by atomic mass is 16.6. The summed E-state index contributed by atoms with van der Waals surface area (Å²) in [7, 11) is 0. The van der Waals surface area contributed by atoms with Crippen molar-refractivity contribution in [2.75, 3.05) is 6.54 Å². The molecule has 0 spiro atoms. The van der Waals surface area contributed by atoms with Crippen molar-refractivity contribution in [2.24, 2.45) is 5.92 Å². The molecule has 0 bridgehead atoms. The van der Waals surface area contributed by atoms with E-state index in [2.05, 4.69) is 15.6 Å². The van der Waals surface area contributed by atoms with Gasteiger partial charge in [-0.25, -0.2) is 4.79 Å². The smallest absolute Gasteiger partial charge is 0.410 e. The van der Waals surface area contributed by atoms with Gasteiger partial charge in [-0.15, -0.1) is 5.10 Å². The lowest BCUT2D eigenvalue weighted by Gasteiger charge is -2.29. The van der Waals surface area contributed by atoms with Crippen LogP contribution in [-0.4, -0.2) is 62.0 Å². The van der Waals surface area contributed by atoms with Crippen molar-refractivity contribution in [2.45, 2.75) is 65.1 Å². The monoisotopic (exact) mass is 415 g/mol. The molecule has 1 aliphatic rings. The molecule has 2 aromatic rings. The van der Waals surface area contributed by atoms with Gasteiger partial charge in [0.05, 0.1) is 5.52 Å². The van der Waals surface area contributed by atoms with Crippen molar-refractivity contribution in [3.63, 3.8) is 0 Å². The van der Waals surface area contributed by atoms with Crippen molar-refractivity contribution < 1.29 is 19.1 Å². The lowest BCUT2D eigenvalue weighted by molar-refractivity contribution is -0.126. The number of para-hydroxylation sites is 1. The van der Waals surface area contributed by atoms with Gasteiger partial charge in [0.2, 0.25) is 5.91 Å². The Morgan fingerprint density at radius 2 is 1.90 bits per heavy atom. The molecule has 3 rings (SSSR count). The summed E-state index contributed by atoms with van der Waals surface area (Å²) in [6.45, 7) is 9.50. The minimum absolute atomic E-state index is 0.180. The molecule has 162 valence electrons. The Hall–Kier alpha value is -2.97. The normalized spacial score (nSPS) is 17.9. The van der Waals surface area contributed by atoms with Crippen LogP contribution in [-0.2, 0) is 9.53 Å². The SMILES string of the molecule is CC(C)[C@H](NC(=O)[C@@H]1CCCN1C(=O)OC(C)(C)C)C(=O)n1nnc2ccccc21. The average molecular weight is 415 g/mol. The first kappa shape index (κ1) is 21.7. The number of hydrogen-bond donors (Lipinski definition) is 1.